The van der Waals surface area contributed by atoms with Gasteiger partial charge in [0.2, 0.25) is 5.95 Å². The maximum atomic E-state index is 13.3. The zero-order valence-corrected chi connectivity index (χ0v) is 16.9. The first-order valence-electron chi connectivity index (χ1n) is 10.5. The Bertz CT molecular complexity index is 1040. The molecular weight excluding hydrogens is 378 g/mol. The molecule has 2 aliphatic heterocycles. The zero-order chi connectivity index (χ0) is 20.4. The number of rotatable bonds is 2. The summed E-state index contributed by atoms with van der Waals surface area (Å²) in [7, 11) is 0. The summed E-state index contributed by atoms with van der Waals surface area (Å²) in [4.78, 5) is 30.9. The summed E-state index contributed by atoms with van der Waals surface area (Å²) < 4.78 is 5.98. The van der Waals surface area contributed by atoms with Crippen molar-refractivity contribution in [2.24, 2.45) is 5.41 Å². The van der Waals surface area contributed by atoms with Gasteiger partial charge in [-0.2, -0.15) is 0 Å². The molecule has 1 spiro atoms. The summed E-state index contributed by atoms with van der Waals surface area (Å²) in [5.41, 5.74) is 1.23. The minimum atomic E-state index is -0.125. The number of carbonyl (C=O) groups is 1. The van der Waals surface area contributed by atoms with Gasteiger partial charge in [0.1, 0.15) is 5.69 Å². The molecule has 7 heteroatoms. The second-order valence-electron chi connectivity index (χ2n) is 8.24. The van der Waals surface area contributed by atoms with Crippen LogP contribution in [0, 0.1) is 5.41 Å². The van der Waals surface area contributed by atoms with E-state index in [2.05, 4.69) is 19.9 Å². The molecule has 1 amide bonds. The third-order valence-electron chi connectivity index (χ3n) is 6.04. The van der Waals surface area contributed by atoms with Crippen LogP contribution in [-0.4, -0.2) is 65.2 Å². The lowest BCUT2D eigenvalue weighted by atomic mass is 9.80. The van der Waals surface area contributed by atoms with Crippen LogP contribution in [-0.2, 0) is 4.74 Å². The highest BCUT2D eigenvalue weighted by Gasteiger charge is 2.41. The van der Waals surface area contributed by atoms with E-state index in [4.69, 9.17) is 4.74 Å². The lowest BCUT2D eigenvalue weighted by Gasteiger charge is -2.43. The molecule has 1 aromatic carbocycles. The second kappa shape index (κ2) is 7.99. The van der Waals surface area contributed by atoms with Gasteiger partial charge < -0.3 is 14.5 Å². The molecule has 0 bridgehead atoms. The number of ether oxygens (including phenoxy) is 1. The van der Waals surface area contributed by atoms with Gasteiger partial charge in [-0.1, -0.05) is 24.3 Å². The molecule has 2 saturated heterocycles. The molecule has 3 aromatic rings. The molecule has 7 nitrogen and oxygen atoms in total. The molecule has 2 aliphatic rings. The minimum Gasteiger partial charge on any atom is -0.379 e. The normalized spacial score (nSPS) is 22.3. The number of piperidine rings is 1. The molecule has 0 N–H and O–H groups in total. The Hall–Kier alpha value is -3.06. The summed E-state index contributed by atoms with van der Waals surface area (Å²) in [6.07, 6.45) is 5.50. The van der Waals surface area contributed by atoms with Gasteiger partial charge in [0.05, 0.1) is 18.7 Å². The van der Waals surface area contributed by atoms with E-state index in [9.17, 15) is 4.79 Å². The van der Waals surface area contributed by atoms with E-state index >= 15 is 0 Å². The van der Waals surface area contributed by atoms with Crippen LogP contribution in [0.1, 0.15) is 23.3 Å². The highest BCUT2D eigenvalue weighted by Crippen LogP contribution is 2.34. The highest BCUT2D eigenvalue weighted by atomic mass is 16.5. The minimum absolute atomic E-state index is 0.00779. The van der Waals surface area contributed by atoms with Crippen LogP contribution >= 0.6 is 0 Å². The standard InChI is InChI=1S/C23H25N5O2/c29-21(20-8-7-18-5-1-2-6-19(18)26-20)27-12-3-9-23(15-27)16-28(13-14-30-17-23)22-24-10-4-11-25-22/h1-2,4-8,10-11H,3,9,12-17H2/t23-/m1/s1. The number of hydrogen-bond acceptors (Lipinski definition) is 6. The van der Waals surface area contributed by atoms with Gasteiger partial charge >= 0.3 is 0 Å². The third-order valence-corrected chi connectivity index (χ3v) is 6.04. The number of carbonyl (C=O) groups excluding carboxylic acids is 1. The predicted molar refractivity (Wildman–Crippen MR) is 114 cm³/mol. The molecule has 0 unspecified atom stereocenters. The average molecular weight is 403 g/mol. The number of likely N-dealkylation sites (tertiary alicyclic amines) is 1. The Kier molecular flexibility index (Phi) is 5.04. The molecule has 2 fully saturated rings. The van der Waals surface area contributed by atoms with Crippen LogP contribution in [0.4, 0.5) is 5.95 Å². The number of nitrogens with zero attached hydrogens (tertiary/aromatic N) is 5. The predicted octanol–water partition coefficient (Wildman–Crippen LogP) is 2.78. The van der Waals surface area contributed by atoms with Crippen LogP contribution in [0.25, 0.3) is 10.9 Å². The topological polar surface area (TPSA) is 71.5 Å². The number of fused-ring (bicyclic) bond motifs is 1. The van der Waals surface area contributed by atoms with Gasteiger partial charge in [-0.3, -0.25) is 4.79 Å². The first-order valence-corrected chi connectivity index (χ1v) is 10.5. The van der Waals surface area contributed by atoms with E-state index in [0.717, 1.165) is 49.3 Å². The fourth-order valence-corrected chi connectivity index (χ4v) is 4.59. The fourth-order valence-electron chi connectivity index (χ4n) is 4.59. The number of anilines is 1. The van der Waals surface area contributed by atoms with Crippen LogP contribution in [0.15, 0.2) is 54.9 Å². The fraction of sp³-hybridized carbons (Fsp3) is 0.391. The van der Waals surface area contributed by atoms with Gasteiger partial charge in [-0.25, -0.2) is 15.0 Å². The molecule has 1 atom stereocenters. The Morgan fingerprint density at radius 1 is 1.00 bits per heavy atom. The molecule has 0 radical (unpaired) electrons. The van der Waals surface area contributed by atoms with E-state index in [0.29, 0.717) is 25.5 Å². The van der Waals surface area contributed by atoms with Crippen molar-refractivity contribution in [2.45, 2.75) is 12.8 Å². The van der Waals surface area contributed by atoms with Crippen molar-refractivity contribution in [3.05, 3.63) is 60.6 Å². The number of para-hydroxylation sites is 1. The Labute approximate surface area is 175 Å². The SMILES string of the molecule is O=C(c1ccc2ccccc2n1)N1CCC[C@@]2(COCCN(c3ncccn3)C2)C1. The van der Waals surface area contributed by atoms with Crippen LogP contribution in [0.3, 0.4) is 0 Å². The molecule has 2 aromatic heterocycles. The first kappa shape index (κ1) is 18.9. The van der Waals surface area contributed by atoms with Gasteiger partial charge in [-0.05, 0) is 31.0 Å². The maximum Gasteiger partial charge on any atom is 0.272 e. The van der Waals surface area contributed by atoms with Crippen molar-refractivity contribution < 1.29 is 9.53 Å². The molecule has 4 heterocycles. The van der Waals surface area contributed by atoms with E-state index in [1.165, 1.54) is 0 Å². The average Bonchev–Trinajstić information content (AvgIpc) is 3.01. The van der Waals surface area contributed by atoms with Gasteiger partial charge in [0.15, 0.2) is 0 Å². The van der Waals surface area contributed by atoms with Crippen molar-refractivity contribution in [1.29, 1.82) is 0 Å². The summed E-state index contributed by atoms with van der Waals surface area (Å²) >= 11 is 0. The molecule has 0 aliphatic carbocycles. The van der Waals surface area contributed by atoms with Crippen LogP contribution in [0.2, 0.25) is 0 Å². The first-order chi connectivity index (χ1) is 14.7. The molecule has 154 valence electrons. The molecule has 0 saturated carbocycles. The van der Waals surface area contributed by atoms with Crippen LogP contribution < -0.4 is 4.90 Å². The number of benzene rings is 1. The number of aromatic nitrogens is 3. The van der Waals surface area contributed by atoms with E-state index in [1.807, 2.05) is 47.4 Å². The Morgan fingerprint density at radius 3 is 2.77 bits per heavy atom. The zero-order valence-electron chi connectivity index (χ0n) is 16.9. The molecule has 30 heavy (non-hydrogen) atoms. The van der Waals surface area contributed by atoms with Crippen molar-refractivity contribution >= 4 is 22.8 Å². The smallest absolute Gasteiger partial charge is 0.272 e. The van der Waals surface area contributed by atoms with Gasteiger partial charge in [-0.15, -0.1) is 0 Å². The highest BCUT2D eigenvalue weighted by molar-refractivity contribution is 5.95. The monoisotopic (exact) mass is 403 g/mol. The summed E-state index contributed by atoms with van der Waals surface area (Å²) in [5, 5.41) is 1.04. The lowest BCUT2D eigenvalue weighted by molar-refractivity contribution is 0.0133. The molecular formula is C23H25N5O2. The van der Waals surface area contributed by atoms with E-state index < -0.39 is 0 Å². The second-order valence-corrected chi connectivity index (χ2v) is 8.24. The summed E-state index contributed by atoms with van der Waals surface area (Å²) in [5.74, 6) is 0.716. The summed E-state index contributed by atoms with van der Waals surface area (Å²) in [6.45, 7) is 4.23. The summed E-state index contributed by atoms with van der Waals surface area (Å²) in [6, 6.07) is 13.5. The Morgan fingerprint density at radius 2 is 1.87 bits per heavy atom. The van der Waals surface area contributed by atoms with Crippen molar-refractivity contribution in [3.63, 3.8) is 0 Å². The number of pyridine rings is 1. The van der Waals surface area contributed by atoms with Crippen molar-refractivity contribution in [3.8, 4) is 0 Å². The largest absolute Gasteiger partial charge is 0.379 e. The van der Waals surface area contributed by atoms with Gasteiger partial charge in [0, 0.05) is 49.4 Å². The maximum absolute atomic E-state index is 13.3. The van der Waals surface area contributed by atoms with E-state index in [1.54, 1.807) is 12.4 Å². The number of amides is 1. The third kappa shape index (κ3) is 3.73. The van der Waals surface area contributed by atoms with Crippen LogP contribution in [0.5, 0.6) is 0 Å². The van der Waals surface area contributed by atoms with Crippen molar-refractivity contribution in [1.82, 2.24) is 19.9 Å². The lowest BCUT2D eigenvalue weighted by Crippen LogP contribution is -2.52. The number of hydrogen-bond donors (Lipinski definition) is 0. The molecule has 5 rings (SSSR count). The van der Waals surface area contributed by atoms with Crippen molar-refractivity contribution in [2.75, 3.05) is 44.3 Å². The van der Waals surface area contributed by atoms with E-state index in [-0.39, 0.29) is 11.3 Å². The van der Waals surface area contributed by atoms with Gasteiger partial charge in [0.25, 0.3) is 5.91 Å². The Balaban J connectivity index is 1.38. The quantitative estimate of drug-likeness (QED) is 0.655.